The zero-order valence-electron chi connectivity index (χ0n) is 9.73. The van der Waals surface area contributed by atoms with Gasteiger partial charge in [0.05, 0.1) is 5.92 Å². The van der Waals surface area contributed by atoms with Gasteiger partial charge in [-0.25, -0.2) is 0 Å². The summed E-state index contributed by atoms with van der Waals surface area (Å²) in [6, 6.07) is 3.66. The van der Waals surface area contributed by atoms with Crippen molar-refractivity contribution < 1.29 is 4.79 Å². The molecule has 18 heavy (non-hydrogen) atoms. The van der Waals surface area contributed by atoms with E-state index in [4.69, 9.17) is 5.73 Å². The van der Waals surface area contributed by atoms with Gasteiger partial charge >= 0.3 is 0 Å². The molecule has 1 saturated heterocycles. The number of carbonyl (C=O) groups is 1. The van der Waals surface area contributed by atoms with Crippen molar-refractivity contribution in [3.63, 3.8) is 0 Å². The largest absolute Gasteiger partial charge is 0.369 e. The molecule has 2 N–H and O–H groups in total. The molecule has 1 atom stereocenters. The topological polar surface area (TPSA) is 102 Å². The quantitative estimate of drug-likeness (QED) is 0.747. The van der Waals surface area contributed by atoms with E-state index in [-0.39, 0.29) is 11.8 Å². The number of hydrogen-bond donors (Lipinski definition) is 1. The summed E-state index contributed by atoms with van der Waals surface area (Å²) in [5, 5.41) is 15.4. The Bertz CT molecular complexity index is 580. The highest BCUT2D eigenvalue weighted by Crippen LogP contribution is 2.21. The second kappa shape index (κ2) is 4.21. The lowest BCUT2D eigenvalue weighted by atomic mass is 9.97. The van der Waals surface area contributed by atoms with Gasteiger partial charge in [0.2, 0.25) is 5.91 Å². The number of amides is 1. The average molecular weight is 247 g/mol. The molecule has 0 spiro atoms. The number of aromatic nitrogens is 5. The van der Waals surface area contributed by atoms with E-state index in [2.05, 4.69) is 20.6 Å². The Morgan fingerprint density at radius 3 is 3.17 bits per heavy atom. The number of hydrogen-bond acceptors (Lipinski definition) is 6. The molecule has 0 aromatic carbocycles. The van der Waals surface area contributed by atoms with Gasteiger partial charge in [-0.2, -0.15) is 0 Å². The lowest BCUT2D eigenvalue weighted by Gasteiger charge is -2.31. The Kier molecular flexibility index (Phi) is 2.54. The second-order valence-corrected chi connectivity index (χ2v) is 4.41. The van der Waals surface area contributed by atoms with E-state index in [9.17, 15) is 4.79 Å². The van der Waals surface area contributed by atoms with Crippen LogP contribution in [0.1, 0.15) is 12.8 Å². The number of primary amides is 1. The van der Waals surface area contributed by atoms with Crippen LogP contribution >= 0.6 is 0 Å². The number of rotatable bonds is 2. The van der Waals surface area contributed by atoms with Gasteiger partial charge in [0.25, 0.3) is 0 Å². The standard InChI is InChI=1S/C10H13N7O/c11-10(18)7-2-1-5-16(6-7)9-4-3-8-12-14-15-17(8)13-9/h3-4,7H,1-2,5-6H2,(H2,11,18)/t7-/m0/s1. The Labute approximate surface area is 103 Å². The fourth-order valence-corrected chi connectivity index (χ4v) is 2.23. The van der Waals surface area contributed by atoms with E-state index in [1.165, 1.54) is 4.63 Å². The molecule has 2 aromatic heterocycles. The number of piperidine rings is 1. The van der Waals surface area contributed by atoms with E-state index >= 15 is 0 Å². The van der Waals surface area contributed by atoms with Crippen molar-refractivity contribution in [2.45, 2.75) is 12.8 Å². The van der Waals surface area contributed by atoms with Gasteiger partial charge in [-0.15, -0.1) is 14.8 Å². The third kappa shape index (κ3) is 1.85. The summed E-state index contributed by atoms with van der Waals surface area (Å²) < 4.78 is 1.38. The molecule has 0 aliphatic carbocycles. The molecule has 1 amide bonds. The molecule has 1 aliphatic heterocycles. The van der Waals surface area contributed by atoms with Gasteiger partial charge in [0, 0.05) is 13.1 Å². The van der Waals surface area contributed by atoms with Crippen molar-refractivity contribution in [2.24, 2.45) is 11.7 Å². The van der Waals surface area contributed by atoms with Gasteiger partial charge in [0.15, 0.2) is 11.5 Å². The van der Waals surface area contributed by atoms with Crippen LogP contribution in [-0.2, 0) is 4.79 Å². The van der Waals surface area contributed by atoms with Gasteiger partial charge in [0.1, 0.15) is 0 Å². The van der Waals surface area contributed by atoms with Gasteiger partial charge < -0.3 is 10.6 Å². The molecule has 0 saturated carbocycles. The number of tetrazole rings is 1. The fourth-order valence-electron chi connectivity index (χ4n) is 2.23. The van der Waals surface area contributed by atoms with Gasteiger partial charge in [-0.05, 0) is 35.4 Å². The van der Waals surface area contributed by atoms with E-state index in [1.54, 1.807) is 6.07 Å². The summed E-state index contributed by atoms with van der Waals surface area (Å²) in [7, 11) is 0. The highest BCUT2D eigenvalue weighted by atomic mass is 16.1. The SMILES string of the molecule is NC(=O)[C@H]1CCCN(c2ccc3nnnn3n2)C1. The smallest absolute Gasteiger partial charge is 0.222 e. The van der Waals surface area contributed by atoms with Crippen molar-refractivity contribution in [3.05, 3.63) is 12.1 Å². The van der Waals surface area contributed by atoms with E-state index in [0.29, 0.717) is 12.2 Å². The van der Waals surface area contributed by atoms with Crippen LogP contribution in [0, 0.1) is 5.92 Å². The summed E-state index contributed by atoms with van der Waals surface area (Å²) in [4.78, 5) is 13.3. The molecule has 1 fully saturated rings. The van der Waals surface area contributed by atoms with Gasteiger partial charge in [-0.1, -0.05) is 0 Å². The zero-order valence-corrected chi connectivity index (χ0v) is 9.73. The van der Waals surface area contributed by atoms with Crippen LogP contribution in [0.25, 0.3) is 5.65 Å². The first-order valence-corrected chi connectivity index (χ1v) is 5.84. The Morgan fingerprint density at radius 1 is 1.44 bits per heavy atom. The maximum Gasteiger partial charge on any atom is 0.222 e. The Hall–Kier alpha value is -2.25. The van der Waals surface area contributed by atoms with E-state index < -0.39 is 0 Å². The Balaban J connectivity index is 1.86. The third-order valence-corrected chi connectivity index (χ3v) is 3.20. The molecule has 8 nitrogen and oxygen atoms in total. The van der Waals surface area contributed by atoms with Crippen molar-refractivity contribution >= 4 is 17.4 Å². The summed E-state index contributed by atoms with van der Waals surface area (Å²) in [6.45, 7) is 1.47. The lowest BCUT2D eigenvalue weighted by molar-refractivity contribution is -0.122. The minimum absolute atomic E-state index is 0.106. The maximum atomic E-state index is 11.2. The highest BCUT2D eigenvalue weighted by Gasteiger charge is 2.25. The number of fused-ring (bicyclic) bond motifs is 1. The van der Waals surface area contributed by atoms with Crippen LogP contribution in [0.4, 0.5) is 5.82 Å². The molecular weight excluding hydrogens is 234 g/mol. The summed E-state index contributed by atoms with van der Waals surface area (Å²) in [5.74, 6) is 0.411. The molecule has 3 heterocycles. The van der Waals surface area contributed by atoms with Crippen LogP contribution < -0.4 is 10.6 Å². The molecule has 8 heteroatoms. The molecule has 1 aliphatic rings. The maximum absolute atomic E-state index is 11.2. The van der Waals surface area contributed by atoms with Crippen LogP contribution in [0.5, 0.6) is 0 Å². The van der Waals surface area contributed by atoms with Crippen molar-refractivity contribution in [1.29, 1.82) is 0 Å². The number of carbonyl (C=O) groups excluding carboxylic acids is 1. The van der Waals surface area contributed by atoms with Crippen molar-refractivity contribution in [1.82, 2.24) is 25.3 Å². The lowest BCUT2D eigenvalue weighted by Crippen LogP contribution is -2.41. The fraction of sp³-hybridized carbons (Fsp3) is 0.500. The minimum Gasteiger partial charge on any atom is -0.369 e. The summed E-state index contributed by atoms with van der Waals surface area (Å²) >= 11 is 0. The first-order valence-electron chi connectivity index (χ1n) is 5.84. The third-order valence-electron chi connectivity index (χ3n) is 3.20. The number of nitrogens with two attached hydrogens (primary N) is 1. The van der Waals surface area contributed by atoms with Crippen LogP contribution in [0.3, 0.4) is 0 Å². The van der Waals surface area contributed by atoms with Crippen LogP contribution in [0.2, 0.25) is 0 Å². The highest BCUT2D eigenvalue weighted by molar-refractivity contribution is 5.77. The van der Waals surface area contributed by atoms with Crippen molar-refractivity contribution in [2.75, 3.05) is 18.0 Å². The van der Waals surface area contributed by atoms with Crippen LogP contribution in [-0.4, -0.2) is 44.3 Å². The van der Waals surface area contributed by atoms with Crippen LogP contribution in [0.15, 0.2) is 12.1 Å². The predicted molar refractivity (Wildman–Crippen MR) is 62.7 cm³/mol. The van der Waals surface area contributed by atoms with Crippen molar-refractivity contribution in [3.8, 4) is 0 Å². The summed E-state index contributed by atoms with van der Waals surface area (Å²) in [5.41, 5.74) is 5.96. The molecule has 0 radical (unpaired) electrons. The van der Waals surface area contributed by atoms with E-state index in [1.807, 2.05) is 11.0 Å². The van der Waals surface area contributed by atoms with Gasteiger partial charge in [-0.3, -0.25) is 4.79 Å². The molecule has 0 bridgehead atoms. The number of nitrogens with zero attached hydrogens (tertiary/aromatic N) is 6. The number of anilines is 1. The zero-order chi connectivity index (χ0) is 12.5. The molecule has 94 valence electrons. The normalized spacial score (nSPS) is 20.2. The molecule has 3 rings (SSSR count). The first kappa shape index (κ1) is 10.9. The second-order valence-electron chi connectivity index (χ2n) is 4.41. The minimum atomic E-state index is -0.247. The monoisotopic (exact) mass is 247 g/mol. The predicted octanol–water partition coefficient (Wildman–Crippen LogP) is -0.779. The average Bonchev–Trinajstić information content (AvgIpc) is 2.86. The first-order chi connectivity index (χ1) is 8.74. The van der Waals surface area contributed by atoms with E-state index in [0.717, 1.165) is 25.2 Å². The molecular formula is C10H13N7O. The molecule has 0 unspecified atom stereocenters. The Morgan fingerprint density at radius 2 is 2.33 bits per heavy atom. The summed E-state index contributed by atoms with van der Waals surface area (Å²) in [6.07, 6.45) is 1.78. The molecule has 2 aromatic rings.